The second-order valence-corrected chi connectivity index (χ2v) is 4.85. The molecular formula is C16H19FN2O. The van der Waals surface area contributed by atoms with Gasteiger partial charge in [0.2, 0.25) is 0 Å². The van der Waals surface area contributed by atoms with Crippen LogP contribution in [0.25, 0.3) is 0 Å². The Kier molecular flexibility index (Phi) is 4.69. The topological polar surface area (TPSA) is 34.1 Å². The zero-order valence-corrected chi connectivity index (χ0v) is 12.0. The van der Waals surface area contributed by atoms with Gasteiger partial charge in [-0.1, -0.05) is 17.7 Å². The van der Waals surface area contributed by atoms with Crippen LogP contribution in [-0.4, -0.2) is 12.0 Å². The normalized spacial score (nSPS) is 12.2. The molecule has 0 aliphatic carbocycles. The van der Waals surface area contributed by atoms with E-state index in [-0.39, 0.29) is 11.9 Å². The van der Waals surface area contributed by atoms with Crippen LogP contribution >= 0.6 is 0 Å². The molecule has 1 atom stereocenters. The van der Waals surface area contributed by atoms with E-state index in [1.165, 1.54) is 17.8 Å². The van der Waals surface area contributed by atoms with E-state index >= 15 is 0 Å². The summed E-state index contributed by atoms with van der Waals surface area (Å²) >= 11 is 0. The smallest absolute Gasteiger partial charge is 0.141 e. The molecule has 0 saturated heterocycles. The van der Waals surface area contributed by atoms with Gasteiger partial charge < -0.3 is 10.1 Å². The van der Waals surface area contributed by atoms with Crippen molar-refractivity contribution in [2.45, 2.75) is 26.5 Å². The van der Waals surface area contributed by atoms with Crippen LogP contribution in [0.5, 0.6) is 5.75 Å². The Morgan fingerprint density at radius 3 is 2.80 bits per heavy atom. The van der Waals surface area contributed by atoms with Crippen molar-refractivity contribution in [2.75, 3.05) is 7.05 Å². The third kappa shape index (κ3) is 3.54. The lowest BCUT2D eigenvalue weighted by molar-refractivity contribution is 0.299. The number of nitrogens with zero attached hydrogens (tertiary/aromatic N) is 1. The molecule has 0 fully saturated rings. The molecule has 1 aromatic carbocycles. The van der Waals surface area contributed by atoms with Gasteiger partial charge in [0.1, 0.15) is 18.2 Å². The van der Waals surface area contributed by atoms with Gasteiger partial charge in [0, 0.05) is 23.4 Å². The second kappa shape index (κ2) is 6.48. The number of hydrogen-bond donors (Lipinski definition) is 1. The number of rotatable bonds is 5. The fourth-order valence-electron chi connectivity index (χ4n) is 1.99. The summed E-state index contributed by atoms with van der Waals surface area (Å²) in [7, 11) is 1.91. The Labute approximate surface area is 118 Å². The molecule has 4 heteroatoms. The molecule has 0 spiro atoms. The van der Waals surface area contributed by atoms with E-state index in [4.69, 9.17) is 4.74 Å². The van der Waals surface area contributed by atoms with E-state index in [0.717, 1.165) is 11.3 Å². The zero-order valence-electron chi connectivity index (χ0n) is 12.0. The lowest BCUT2D eigenvalue weighted by Crippen LogP contribution is -2.14. The molecule has 0 aliphatic rings. The molecule has 1 heterocycles. The van der Waals surface area contributed by atoms with Crippen molar-refractivity contribution in [3.63, 3.8) is 0 Å². The molecule has 106 valence electrons. The Morgan fingerprint density at radius 2 is 2.10 bits per heavy atom. The van der Waals surface area contributed by atoms with Crippen LogP contribution in [-0.2, 0) is 6.61 Å². The van der Waals surface area contributed by atoms with Crippen molar-refractivity contribution in [2.24, 2.45) is 0 Å². The summed E-state index contributed by atoms with van der Waals surface area (Å²) in [6.07, 6.45) is 2.79. The minimum absolute atomic E-state index is 0.190. The molecule has 0 aliphatic heterocycles. The van der Waals surface area contributed by atoms with Crippen molar-refractivity contribution < 1.29 is 9.13 Å². The number of hydrogen-bond acceptors (Lipinski definition) is 3. The van der Waals surface area contributed by atoms with Crippen LogP contribution in [0, 0.1) is 12.7 Å². The summed E-state index contributed by atoms with van der Waals surface area (Å²) in [5, 5.41) is 3.20. The number of benzene rings is 1. The average Bonchev–Trinajstić information content (AvgIpc) is 2.45. The standard InChI is InChI=1S/C16H19FN2O/c1-11-4-5-16(15(6-11)12(2)18-3)20-10-13-7-14(17)9-19-8-13/h4-9,12,18H,10H2,1-3H3. The Bertz CT molecular complexity index is 586. The minimum Gasteiger partial charge on any atom is -0.489 e. The highest BCUT2D eigenvalue weighted by Gasteiger charge is 2.10. The van der Waals surface area contributed by atoms with Gasteiger partial charge in [-0.3, -0.25) is 4.98 Å². The molecule has 1 unspecified atom stereocenters. The van der Waals surface area contributed by atoms with Gasteiger partial charge in [0.05, 0.1) is 6.20 Å². The van der Waals surface area contributed by atoms with Crippen LogP contribution in [0.1, 0.15) is 29.7 Å². The number of nitrogens with one attached hydrogen (secondary N) is 1. The summed E-state index contributed by atoms with van der Waals surface area (Å²) in [6.45, 7) is 4.43. The van der Waals surface area contributed by atoms with Gasteiger partial charge in [0.15, 0.2) is 0 Å². The van der Waals surface area contributed by atoms with Gasteiger partial charge in [-0.15, -0.1) is 0 Å². The molecule has 2 rings (SSSR count). The Balaban J connectivity index is 2.16. The first-order valence-corrected chi connectivity index (χ1v) is 6.60. The van der Waals surface area contributed by atoms with Crippen molar-refractivity contribution in [3.8, 4) is 5.75 Å². The molecular weight excluding hydrogens is 255 g/mol. The average molecular weight is 274 g/mol. The number of ether oxygens (including phenoxy) is 1. The van der Waals surface area contributed by atoms with E-state index in [1.807, 2.05) is 26.1 Å². The highest BCUT2D eigenvalue weighted by atomic mass is 19.1. The zero-order chi connectivity index (χ0) is 14.5. The molecule has 3 nitrogen and oxygen atoms in total. The summed E-state index contributed by atoms with van der Waals surface area (Å²) in [6, 6.07) is 7.68. The summed E-state index contributed by atoms with van der Waals surface area (Å²) < 4.78 is 18.9. The Hall–Kier alpha value is -1.94. The highest BCUT2D eigenvalue weighted by Crippen LogP contribution is 2.26. The first-order valence-electron chi connectivity index (χ1n) is 6.60. The third-order valence-corrected chi connectivity index (χ3v) is 3.22. The molecule has 2 aromatic rings. The largest absolute Gasteiger partial charge is 0.489 e. The molecule has 0 bridgehead atoms. The maximum absolute atomic E-state index is 13.1. The minimum atomic E-state index is -0.348. The monoisotopic (exact) mass is 274 g/mol. The van der Waals surface area contributed by atoms with Crippen LogP contribution in [0.4, 0.5) is 4.39 Å². The molecule has 0 amide bonds. The maximum atomic E-state index is 13.1. The van der Waals surface area contributed by atoms with Crippen molar-refractivity contribution in [3.05, 3.63) is 59.2 Å². The highest BCUT2D eigenvalue weighted by molar-refractivity contribution is 5.39. The van der Waals surface area contributed by atoms with Gasteiger partial charge in [-0.25, -0.2) is 4.39 Å². The van der Waals surface area contributed by atoms with Gasteiger partial charge in [0.25, 0.3) is 0 Å². The molecule has 1 aromatic heterocycles. The third-order valence-electron chi connectivity index (χ3n) is 3.22. The fraction of sp³-hybridized carbons (Fsp3) is 0.312. The SMILES string of the molecule is CNC(C)c1cc(C)ccc1OCc1cncc(F)c1. The molecule has 1 N–H and O–H groups in total. The van der Waals surface area contributed by atoms with Crippen molar-refractivity contribution >= 4 is 0 Å². The summed E-state index contributed by atoms with van der Waals surface area (Å²) in [5.74, 6) is 0.459. The van der Waals surface area contributed by atoms with Gasteiger partial charge in [-0.05, 0) is 33.0 Å². The molecule has 0 saturated carbocycles. The van der Waals surface area contributed by atoms with Crippen molar-refractivity contribution in [1.82, 2.24) is 10.3 Å². The van der Waals surface area contributed by atoms with Crippen LogP contribution in [0.3, 0.4) is 0 Å². The summed E-state index contributed by atoms with van der Waals surface area (Å²) in [5.41, 5.74) is 2.99. The number of pyridine rings is 1. The van der Waals surface area contributed by atoms with E-state index in [2.05, 4.69) is 23.3 Å². The predicted octanol–water partition coefficient (Wildman–Crippen LogP) is 3.39. The second-order valence-electron chi connectivity index (χ2n) is 4.85. The molecule has 0 radical (unpaired) electrons. The fourth-order valence-corrected chi connectivity index (χ4v) is 1.99. The van der Waals surface area contributed by atoms with E-state index in [0.29, 0.717) is 12.2 Å². The first kappa shape index (κ1) is 14.5. The van der Waals surface area contributed by atoms with E-state index in [9.17, 15) is 4.39 Å². The number of aromatic nitrogens is 1. The Morgan fingerprint density at radius 1 is 1.30 bits per heavy atom. The number of aryl methyl sites for hydroxylation is 1. The number of halogens is 1. The van der Waals surface area contributed by atoms with E-state index < -0.39 is 0 Å². The lowest BCUT2D eigenvalue weighted by Gasteiger charge is -2.17. The lowest BCUT2D eigenvalue weighted by atomic mass is 10.0. The van der Waals surface area contributed by atoms with Crippen molar-refractivity contribution in [1.29, 1.82) is 0 Å². The predicted molar refractivity (Wildman–Crippen MR) is 77.2 cm³/mol. The quantitative estimate of drug-likeness (QED) is 0.907. The van der Waals surface area contributed by atoms with Crippen LogP contribution in [0.2, 0.25) is 0 Å². The van der Waals surface area contributed by atoms with E-state index in [1.54, 1.807) is 6.20 Å². The van der Waals surface area contributed by atoms with Gasteiger partial charge >= 0.3 is 0 Å². The van der Waals surface area contributed by atoms with Crippen LogP contribution < -0.4 is 10.1 Å². The summed E-state index contributed by atoms with van der Waals surface area (Å²) in [4.78, 5) is 3.82. The maximum Gasteiger partial charge on any atom is 0.141 e. The first-order chi connectivity index (χ1) is 9.60. The van der Waals surface area contributed by atoms with Crippen LogP contribution in [0.15, 0.2) is 36.7 Å². The van der Waals surface area contributed by atoms with Gasteiger partial charge in [-0.2, -0.15) is 0 Å². The molecule has 20 heavy (non-hydrogen) atoms.